The molecule has 1 aromatic heterocycles. The lowest BCUT2D eigenvalue weighted by Crippen LogP contribution is -2.19. The number of hydrogen-bond acceptors (Lipinski definition) is 3. The molecule has 0 radical (unpaired) electrons. The largest absolute Gasteiger partial charge is 0.310 e. The summed E-state index contributed by atoms with van der Waals surface area (Å²) in [6.07, 6.45) is 8.98. The first-order valence-electron chi connectivity index (χ1n) is 7.04. The number of H-pyrrole nitrogens is 1. The van der Waals surface area contributed by atoms with E-state index in [1.54, 1.807) is 11.8 Å². The Balaban J connectivity index is 1.86. The van der Waals surface area contributed by atoms with Gasteiger partial charge >= 0.3 is 0 Å². The third kappa shape index (κ3) is 2.48. The number of nitrogens with zero attached hydrogens (tertiary/aromatic N) is 1. The van der Waals surface area contributed by atoms with Gasteiger partial charge in [-0.15, -0.1) is 0 Å². The van der Waals surface area contributed by atoms with Crippen molar-refractivity contribution in [2.45, 2.75) is 62.4 Å². The Labute approximate surface area is 112 Å². The molecule has 1 saturated carbocycles. The van der Waals surface area contributed by atoms with E-state index in [0.29, 0.717) is 5.92 Å². The number of aromatic amines is 1. The molecule has 98 valence electrons. The van der Waals surface area contributed by atoms with Crippen molar-refractivity contribution in [2.75, 3.05) is 0 Å². The van der Waals surface area contributed by atoms with Gasteiger partial charge in [0.05, 0.1) is 5.69 Å². The summed E-state index contributed by atoms with van der Waals surface area (Å²) in [5.41, 5.74) is 2.07. The number of thioether (sulfide) groups is 1. The highest BCUT2D eigenvalue weighted by Crippen LogP contribution is 2.31. The predicted molar refractivity (Wildman–Crippen MR) is 74.9 cm³/mol. The summed E-state index contributed by atoms with van der Waals surface area (Å²) in [6.45, 7) is 0. The van der Waals surface area contributed by atoms with E-state index in [9.17, 15) is 4.79 Å². The van der Waals surface area contributed by atoms with Gasteiger partial charge in [-0.1, -0.05) is 32.1 Å². The number of nitrogens with one attached hydrogen (secondary N) is 1. The van der Waals surface area contributed by atoms with Crippen molar-refractivity contribution in [1.29, 1.82) is 0 Å². The summed E-state index contributed by atoms with van der Waals surface area (Å²) in [4.78, 5) is 19.8. The first kappa shape index (κ1) is 12.3. The highest BCUT2D eigenvalue weighted by Gasteiger charge is 2.21. The third-order valence-electron chi connectivity index (χ3n) is 4.10. The zero-order chi connectivity index (χ0) is 12.4. The molecule has 0 atom stereocenters. The molecular weight excluding hydrogens is 244 g/mol. The minimum Gasteiger partial charge on any atom is -0.310 e. The van der Waals surface area contributed by atoms with Gasteiger partial charge in [-0.3, -0.25) is 4.79 Å². The van der Waals surface area contributed by atoms with Crippen molar-refractivity contribution >= 4 is 11.8 Å². The van der Waals surface area contributed by atoms with Gasteiger partial charge in [-0.05, 0) is 12.8 Å². The van der Waals surface area contributed by atoms with Gasteiger partial charge in [-0.2, -0.15) is 11.8 Å². The van der Waals surface area contributed by atoms with Gasteiger partial charge in [0.2, 0.25) is 0 Å². The van der Waals surface area contributed by atoms with E-state index in [1.165, 1.54) is 44.9 Å². The zero-order valence-electron chi connectivity index (χ0n) is 10.7. The van der Waals surface area contributed by atoms with Gasteiger partial charge in [0.1, 0.15) is 5.82 Å². The third-order valence-corrected chi connectivity index (χ3v) is 5.07. The Bertz CT molecular complexity index is 475. The molecule has 1 aromatic rings. The molecule has 4 heteroatoms. The average molecular weight is 264 g/mol. The van der Waals surface area contributed by atoms with Crippen molar-refractivity contribution in [1.82, 2.24) is 9.97 Å². The summed E-state index contributed by atoms with van der Waals surface area (Å²) >= 11 is 1.80. The maximum absolute atomic E-state index is 12.0. The summed E-state index contributed by atoms with van der Waals surface area (Å²) < 4.78 is 0. The fraction of sp³-hybridized carbons (Fsp3) is 0.714. The van der Waals surface area contributed by atoms with E-state index in [0.717, 1.165) is 28.6 Å². The van der Waals surface area contributed by atoms with Crippen LogP contribution >= 0.6 is 11.8 Å². The lowest BCUT2D eigenvalue weighted by Gasteiger charge is -2.19. The maximum Gasteiger partial charge on any atom is 0.255 e. The van der Waals surface area contributed by atoms with E-state index >= 15 is 0 Å². The second-order valence-electron chi connectivity index (χ2n) is 5.41. The van der Waals surface area contributed by atoms with Crippen LogP contribution in [-0.4, -0.2) is 9.97 Å². The number of rotatable bonds is 1. The Morgan fingerprint density at radius 3 is 2.56 bits per heavy atom. The fourth-order valence-electron chi connectivity index (χ4n) is 3.00. The Kier molecular flexibility index (Phi) is 3.73. The smallest absolute Gasteiger partial charge is 0.255 e. The molecule has 3 rings (SSSR count). The van der Waals surface area contributed by atoms with Gasteiger partial charge in [0.25, 0.3) is 5.56 Å². The van der Waals surface area contributed by atoms with Crippen LogP contribution in [0.2, 0.25) is 0 Å². The highest BCUT2D eigenvalue weighted by molar-refractivity contribution is 7.98. The molecule has 0 spiro atoms. The van der Waals surface area contributed by atoms with Crippen molar-refractivity contribution in [2.24, 2.45) is 0 Å². The highest BCUT2D eigenvalue weighted by atomic mass is 32.2. The SMILES string of the molecule is O=c1[nH]c(C2CCCCCCC2)nc2c1CSC2. The first-order valence-corrected chi connectivity index (χ1v) is 8.20. The Morgan fingerprint density at radius 2 is 1.78 bits per heavy atom. The van der Waals surface area contributed by atoms with Crippen molar-refractivity contribution in [3.8, 4) is 0 Å². The molecule has 0 aromatic carbocycles. The van der Waals surface area contributed by atoms with Crippen molar-refractivity contribution in [3.05, 3.63) is 27.4 Å². The van der Waals surface area contributed by atoms with E-state index in [-0.39, 0.29) is 5.56 Å². The fourth-order valence-corrected chi connectivity index (χ4v) is 4.04. The molecule has 0 amide bonds. The van der Waals surface area contributed by atoms with E-state index < -0.39 is 0 Å². The van der Waals surface area contributed by atoms with Crippen LogP contribution in [-0.2, 0) is 11.5 Å². The lowest BCUT2D eigenvalue weighted by molar-refractivity contribution is 0.441. The van der Waals surface area contributed by atoms with Crippen LogP contribution in [0.25, 0.3) is 0 Å². The molecule has 1 aliphatic carbocycles. The summed E-state index contributed by atoms with van der Waals surface area (Å²) in [5.74, 6) is 3.19. The molecule has 0 unspecified atom stereocenters. The molecule has 18 heavy (non-hydrogen) atoms. The lowest BCUT2D eigenvalue weighted by atomic mass is 9.90. The summed E-state index contributed by atoms with van der Waals surface area (Å²) in [7, 11) is 0. The molecular formula is C14H20N2OS. The van der Waals surface area contributed by atoms with E-state index in [1.807, 2.05) is 0 Å². The van der Waals surface area contributed by atoms with E-state index in [2.05, 4.69) is 4.98 Å². The van der Waals surface area contributed by atoms with Crippen LogP contribution in [0.15, 0.2) is 4.79 Å². The Hall–Kier alpha value is -0.770. The maximum atomic E-state index is 12.0. The molecule has 3 nitrogen and oxygen atoms in total. The van der Waals surface area contributed by atoms with Gasteiger partial charge in [-0.25, -0.2) is 4.98 Å². The molecule has 1 aliphatic heterocycles. The summed E-state index contributed by atoms with van der Waals surface area (Å²) in [5, 5.41) is 0. The second kappa shape index (κ2) is 5.47. The van der Waals surface area contributed by atoms with Crippen molar-refractivity contribution in [3.63, 3.8) is 0 Å². The van der Waals surface area contributed by atoms with Crippen LogP contribution in [0.3, 0.4) is 0 Å². The molecule has 1 fully saturated rings. The number of fused-ring (bicyclic) bond motifs is 1. The second-order valence-corrected chi connectivity index (χ2v) is 6.40. The molecule has 1 N–H and O–H groups in total. The average Bonchev–Trinajstić information content (AvgIpc) is 2.77. The van der Waals surface area contributed by atoms with Crippen LogP contribution in [0, 0.1) is 0 Å². The van der Waals surface area contributed by atoms with Crippen LogP contribution in [0.4, 0.5) is 0 Å². The van der Waals surface area contributed by atoms with Gasteiger partial charge < -0.3 is 4.98 Å². The Morgan fingerprint density at radius 1 is 1.06 bits per heavy atom. The molecule has 2 heterocycles. The van der Waals surface area contributed by atoms with Gasteiger partial charge in [0.15, 0.2) is 0 Å². The monoisotopic (exact) mass is 264 g/mol. The van der Waals surface area contributed by atoms with Crippen LogP contribution in [0.1, 0.15) is 67.9 Å². The van der Waals surface area contributed by atoms with Crippen LogP contribution in [0.5, 0.6) is 0 Å². The molecule has 2 aliphatic rings. The predicted octanol–water partition coefficient (Wildman–Crippen LogP) is 3.34. The first-order chi connectivity index (χ1) is 8.84. The van der Waals surface area contributed by atoms with Crippen molar-refractivity contribution < 1.29 is 0 Å². The van der Waals surface area contributed by atoms with E-state index in [4.69, 9.17) is 4.98 Å². The van der Waals surface area contributed by atoms with Crippen LogP contribution < -0.4 is 5.56 Å². The zero-order valence-corrected chi connectivity index (χ0v) is 11.5. The topological polar surface area (TPSA) is 45.8 Å². The number of hydrogen-bond donors (Lipinski definition) is 1. The standard InChI is InChI=1S/C14H20N2OS/c17-14-11-8-18-9-12(11)15-13(16-14)10-6-4-2-1-3-5-7-10/h10H,1-9H2,(H,15,16,17). The summed E-state index contributed by atoms with van der Waals surface area (Å²) in [6, 6.07) is 0. The minimum atomic E-state index is 0.113. The normalized spacial score (nSPS) is 21.3. The van der Waals surface area contributed by atoms with Gasteiger partial charge in [0, 0.05) is 23.0 Å². The molecule has 0 saturated heterocycles. The molecule has 0 bridgehead atoms. The number of aromatic nitrogens is 2. The quantitative estimate of drug-likeness (QED) is 0.846. The minimum absolute atomic E-state index is 0.113.